The molecule has 1 saturated heterocycles. The second-order valence-corrected chi connectivity index (χ2v) is 10.6. The van der Waals surface area contributed by atoms with E-state index >= 15 is 0 Å². The Bertz CT molecular complexity index is 1550. The van der Waals surface area contributed by atoms with Gasteiger partial charge in [0.2, 0.25) is 0 Å². The molecule has 7 nitrogen and oxygen atoms in total. The molecule has 2 heterocycles. The minimum atomic E-state index is -0.758. The lowest BCUT2D eigenvalue weighted by atomic mass is 9.94. The maximum atomic E-state index is 14.1. The molecule has 3 aromatic carbocycles. The zero-order valence-corrected chi connectivity index (χ0v) is 23.0. The first kappa shape index (κ1) is 28.1. The number of halogens is 1. The lowest BCUT2D eigenvalue weighted by molar-refractivity contribution is -0.160. The summed E-state index contributed by atoms with van der Waals surface area (Å²) in [7, 11) is 0. The number of aromatic nitrogens is 1. The number of phenols is 1. The Morgan fingerprint density at radius 1 is 1.02 bits per heavy atom. The molecule has 0 radical (unpaired) electrons. The number of cyclic esters (lactones) is 1. The molecule has 1 aromatic heterocycles. The number of para-hydroxylation sites is 2. The zero-order chi connectivity index (χ0) is 29.1. The van der Waals surface area contributed by atoms with Crippen molar-refractivity contribution in [2.24, 2.45) is 0 Å². The smallest absolute Gasteiger partial charge is 0.308 e. The van der Waals surface area contributed by atoms with Crippen molar-refractivity contribution in [2.45, 2.75) is 57.8 Å². The predicted octanol–water partition coefficient (Wildman–Crippen LogP) is 6.50. The summed E-state index contributed by atoms with van der Waals surface area (Å²) < 4.78 is 21.6. The van der Waals surface area contributed by atoms with E-state index < -0.39 is 24.1 Å². The number of nitrogens with one attached hydrogen (secondary N) is 1. The van der Waals surface area contributed by atoms with Crippen molar-refractivity contribution >= 4 is 17.6 Å². The van der Waals surface area contributed by atoms with E-state index in [0.29, 0.717) is 30.5 Å². The number of hydrogen-bond donors (Lipinski definition) is 3. The SMILES string of the molecule is CC(C)c1c(C(=O)Nc2ccccc2O)c(-c2ccccc2)c(-c2ccc(F)cc2)n1CCC1CC(O)CC(=O)O1. The van der Waals surface area contributed by atoms with Crippen LogP contribution in [0.25, 0.3) is 22.4 Å². The van der Waals surface area contributed by atoms with Crippen LogP contribution in [0.4, 0.5) is 10.1 Å². The Morgan fingerprint density at radius 3 is 2.37 bits per heavy atom. The number of aliphatic hydroxyl groups excluding tert-OH is 1. The van der Waals surface area contributed by atoms with Crippen LogP contribution in [-0.4, -0.2) is 38.9 Å². The van der Waals surface area contributed by atoms with Gasteiger partial charge in [-0.15, -0.1) is 0 Å². The monoisotopic (exact) mass is 556 g/mol. The summed E-state index contributed by atoms with van der Waals surface area (Å²) >= 11 is 0. The van der Waals surface area contributed by atoms with E-state index in [2.05, 4.69) is 9.88 Å². The lowest BCUT2D eigenvalue weighted by Gasteiger charge is -2.27. The molecular weight excluding hydrogens is 523 g/mol. The van der Waals surface area contributed by atoms with Gasteiger partial charge in [-0.05, 0) is 53.4 Å². The summed E-state index contributed by atoms with van der Waals surface area (Å²) in [5.74, 6) is -1.37. The van der Waals surface area contributed by atoms with Gasteiger partial charge in [-0.1, -0.05) is 56.3 Å². The Hall–Kier alpha value is -4.43. The van der Waals surface area contributed by atoms with Crippen LogP contribution in [-0.2, 0) is 16.1 Å². The van der Waals surface area contributed by atoms with Crippen molar-refractivity contribution in [1.29, 1.82) is 0 Å². The summed E-state index contributed by atoms with van der Waals surface area (Å²) in [4.78, 5) is 26.2. The van der Waals surface area contributed by atoms with Crippen molar-refractivity contribution in [3.05, 3.63) is 95.9 Å². The second kappa shape index (κ2) is 12.0. The predicted molar refractivity (Wildman–Crippen MR) is 155 cm³/mol. The van der Waals surface area contributed by atoms with Crippen molar-refractivity contribution < 1.29 is 28.9 Å². The average molecular weight is 557 g/mol. The third-order valence-electron chi connectivity index (χ3n) is 7.32. The molecule has 0 aliphatic carbocycles. The standard InChI is InChI=1S/C33H33FN2O5/c1-20(2)31-30(33(40)35-26-10-6-7-11-27(26)38)29(21-8-4-3-5-9-21)32(22-12-14-23(34)15-13-22)36(31)17-16-25-18-24(37)19-28(39)41-25/h3-15,20,24-25,37-38H,16-19H2,1-2H3,(H,35,40). The average Bonchev–Trinajstić information content (AvgIpc) is 3.29. The number of phenolic OH excluding ortho intramolecular Hbond substituents is 1. The highest BCUT2D eigenvalue weighted by atomic mass is 19.1. The quantitative estimate of drug-likeness (QED) is 0.170. The number of benzene rings is 3. The van der Waals surface area contributed by atoms with Crippen molar-refractivity contribution in [3.63, 3.8) is 0 Å². The first-order valence-corrected chi connectivity index (χ1v) is 13.8. The van der Waals surface area contributed by atoms with E-state index in [0.717, 1.165) is 22.5 Å². The van der Waals surface area contributed by atoms with Crippen molar-refractivity contribution in [2.75, 3.05) is 5.32 Å². The number of aliphatic hydroxyl groups is 1. The van der Waals surface area contributed by atoms with Gasteiger partial charge in [0, 0.05) is 30.6 Å². The number of hydrogen-bond acceptors (Lipinski definition) is 5. The number of rotatable bonds is 8. The van der Waals surface area contributed by atoms with Crippen LogP contribution >= 0.6 is 0 Å². The van der Waals surface area contributed by atoms with Gasteiger partial charge in [-0.2, -0.15) is 0 Å². The Labute approximate surface area is 238 Å². The molecule has 1 amide bonds. The third-order valence-corrected chi connectivity index (χ3v) is 7.32. The first-order chi connectivity index (χ1) is 19.7. The number of esters is 1. The molecule has 41 heavy (non-hydrogen) atoms. The minimum absolute atomic E-state index is 0.0209. The third kappa shape index (κ3) is 6.02. The number of ether oxygens (including phenoxy) is 1. The molecule has 0 spiro atoms. The van der Waals surface area contributed by atoms with Crippen LogP contribution in [0.5, 0.6) is 5.75 Å². The maximum absolute atomic E-state index is 14.1. The topological polar surface area (TPSA) is 101 Å². The fourth-order valence-corrected chi connectivity index (χ4v) is 5.57. The molecule has 212 valence electrons. The van der Waals surface area contributed by atoms with Crippen LogP contribution < -0.4 is 5.32 Å². The van der Waals surface area contributed by atoms with Gasteiger partial charge in [0.15, 0.2) is 0 Å². The molecule has 0 saturated carbocycles. The van der Waals surface area contributed by atoms with Crippen LogP contribution in [0.3, 0.4) is 0 Å². The highest BCUT2D eigenvalue weighted by molar-refractivity contribution is 6.13. The lowest BCUT2D eigenvalue weighted by Crippen LogP contribution is -2.33. The number of amides is 1. The first-order valence-electron chi connectivity index (χ1n) is 13.8. The molecule has 1 fully saturated rings. The van der Waals surface area contributed by atoms with E-state index in [1.54, 1.807) is 30.3 Å². The number of carbonyl (C=O) groups is 2. The number of anilines is 1. The van der Waals surface area contributed by atoms with Gasteiger partial charge in [-0.25, -0.2) is 4.39 Å². The van der Waals surface area contributed by atoms with Crippen LogP contribution in [0.15, 0.2) is 78.9 Å². The molecule has 2 unspecified atom stereocenters. The summed E-state index contributed by atoms with van der Waals surface area (Å²) in [6, 6.07) is 22.2. The van der Waals surface area contributed by atoms with Crippen molar-refractivity contribution in [1.82, 2.24) is 4.57 Å². The summed E-state index contributed by atoms with van der Waals surface area (Å²) in [5, 5.41) is 23.4. The van der Waals surface area contributed by atoms with E-state index in [4.69, 9.17) is 4.74 Å². The van der Waals surface area contributed by atoms with Crippen LogP contribution in [0.2, 0.25) is 0 Å². The zero-order valence-electron chi connectivity index (χ0n) is 23.0. The van der Waals surface area contributed by atoms with Gasteiger partial charge in [-0.3, -0.25) is 9.59 Å². The Morgan fingerprint density at radius 2 is 1.71 bits per heavy atom. The highest BCUT2D eigenvalue weighted by Gasteiger charge is 2.32. The fourth-order valence-electron chi connectivity index (χ4n) is 5.57. The molecule has 3 N–H and O–H groups in total. The Kier molecular flexibility index (Phi) is 8.21. The van der Waals surface area contributed by atoms with Gasteiger partial charge >= 0.3 is 5.97 Å². The van der Waals surface area contributed by atoms with Gasteiger partial charge in [0.25, 0.3) is 5.91 Å². The minimum Gasteiger partial charge on any atom is -0.506 e. The summed E-state index contributed by atoms with van der Waals surface area (Å²) in [5.41, 5.74) is 4.39. The van der Waals surface area contributed by atoms with Gasteiger partial charge < -0.3 is 24.8 Å². The Balaban J connectivity index is 1.72. The van der Waals surface area contributed by atoms with Gasteiger partial charge in [0.05, 0.1) is 29.5 Å². The normalized spacial score (nSPS) is 17.0. The molecule has 1 aliphatic heterocycles. The van der Waals surface area contributed by atoms with Crippen LogP contribution in [0, 0.1) is 5.82 Å². The van der Waals surface area contributed by atoms with E-state index in [1.807, 2.05) is 44.2 Å². The molecular formula is C33H33FN2O5. The maximum Gasteiger partial charge on any atom is 0.308 e. The van der Waals surface area contributed by atoms with E-state index in [-0.39, 0.29) is 29.6 Å². The van der Waals surface area contributed by atoms with Crippen LogP contribution in [0.1, 0.15) is 55.1 Å². The molecule has 2 atom stereocenters. The molecule has 8 heteroatoms. The van der Waals surface area contributed by atoms with Gasteiger partial charge in [0.1, 0.15) is 17.7 Å². The number of nitrogens with zero attached hydrogens (tertiary/aromatic N) is 1. The van der Waals surface area contributed by atoms with E-state index in [9.17, 15) is 24.2 Å². The molecule has 5 rings (SSSR count). The highest BCUT2D eigenvalue weighted by Crippen LogP contribution is 2.43. The summed E-state index contributed by atoms with van der Waals surface area (Å²) in [6.07, 6.45) is -0.505. The molecule has 4 aromatic rings. The fraction of sp³-hybridized carbons (Fsp3) is 0.273. The second-order valence-electron chi connectivity index (χ2n) is 10.6. The van der Waals surface area contributed by atoms with E-state index in [1.165, 1.54) is 18.2 Å². The molecule has 1 aliphatic rings. The van der Waals surface area contributed by atoms with Crippen molar-refractivity contribution in [3.8, 4) is 28.1 Å². The number of carbonyl (C=O) groups excluding carboxylic acids is 2. The number of aromatic hydroxyl groups is 1. The largest absolute Gasteiger partial charge is 0.506 e. The molecule has 0 bridgehead atoms. The summed E-state index contributed by atoms with van der Waals surface area (Å²) in [6.45, 7) is 4.38.